The zero-order valence-corrected chi connectivity index (χ0v) is 9.09. The Hall–Kier alpha value is 0.190. The minimum Gasteiger partial charge on any atom is -0.394 e. The fourth-order valence-electron chi connectivity index (χ4n) is 1.47. The second kappa shape index (κ2) is 5.92. The van der Waals surface area contributed by atoms with E-state index in [-0.39, 0.29) is 6.61 Å². The molecule has 1 atom stereocenters. The molecule has 0 aromatic rings. The lowest BCUT2D eigenvalue weighted by Crippen LogP contribution is -2.43. The highest BCUT2D eigenvalue weighted by Gasteiger charge is 2.28. The molecule has 1 aliphatic rings. The number of aliphatic hydroxyl groups is 3. The van der Waals surface area contributed by atoms with Crippen LogP contribution in [0, 0.1) is 0 Å². The summed E-state index contributed by atoms with van der Waals surface area (Å²) in [5.74, 6) is 1.14. The predicted molar refractivity (Wildman–Crippen MR) is 57.5 cm³/mol. The molecule has 0 bridgehead atoms. The van der Waals surface area contributed by atoms with Crippen molar-refractivity contribution in [2.75, 3.05) is 31.2 Å². The Labute approximate surface area is 88.7 Å². The second-order valence-corrected chi connectivity index (χ2v) is 4.86. The van der Waals surface area contributed by atoms with Crippen LogP contribution < -0.4 is 5.32 Å². The van der Waals surface area contributed by atoms with Gasteiger partial charge in [-0.1, -0.05) is 0 Å². The monoisotopic (exact) mass is 221 g/mol. The molecule has 4 nitrogen and oxygen atoms in total. The summed E-state index contributed by atoms with van der Waals surface area (Å²) in [6.07, 6.45) is 0.884. The van der Waals surface area contributed by atoms with Crippen LogP contribution in [0.5, 0.6) is 0 Å². The number of hydrogen-bond acceptors (Lipinski definition) is 5. The van der Waals surface area contributed by atoms with Gasteiger partial charge in [0.2, 0.25) is 0 Å². The van der Waals surface area contributed by atoms with Crippen molar-refractivity contribution in [1.82, 2.24) is 5.32 Å². The van der Waals surface area contributed by atoms with Crippen molar-refractivity contribution in [2.24, 2.45) is 0 Å². The first-order valence-electron chi connectivity index (χ1n) is 4.96. The Balaban J connectivity index is 2.15. The molecule has 14 heavy (non-hydrogen) atoms. The van der Waals surface area contributed by atoms with Gasteiger partial charge in [-0.05, 0) is 25.9 Å². The van der Waals surface area contributed by atoms with Gasteiger partial charge in [0.1, 0.15) is 0 Å². The highest BCUT2D eigenvalue weighted by molar-refractivity contribution is 7.99. The molecular weight excluding hydrogens is 202 g/mol. The number of piperidine rings is 1. The normalized spacial score (nSPS) is 23.4. The van der Waals surface area contributed by atoms with E-state index >= 15 is 0 Å². The number of rotatable bonds is 5. The Bertz CT molecular complexity index is 162. The van der Waals surface area contributed by atoms with E-state index in [0.717, 1.165) is 25.9 Å². The molecular formula is C9H19NO3S. The maximum atomic E-state index is 10.1. The van der Waals surface area contributed by atoms with Crippen LogP contribution in [0.1, 0.15) is 12.8 Å². The molecule has 84 valence electrons. The summed E-state index contributed by atoms with van der Waals surface area (Å²) in [4.78, 5) is 0. The van der Waals surface area contributed by atoms with Gasteiger partial charge in [-0.25, -0.2) is 0 Å². The van der Waals surface area contributed by atoms with Gasteiger partial charge in [0, 0.05) is 11.5 Å². The Morgan fingerprint density at radius 2 is 2.00 bits per heavy atom. The first-order chi connectivity index (χ1) is 6.66. The molecule has 1 rings (SSSR count). The van der Waals surface area contributed by atoms with Crippen molar-refractivity contribution in [3.8, 4) is 0 Å². The largest absolute Gasteiger partial charge is 0.394 e. The molecule has 1 heterocycles. The van der Waals surface area contributed by atoms with Crippen molar-refractivity contribution in [3.05, 3.63) is 0 Å². The SMILES string of the molecule is OCC(O)CSCC1(O)CCNCC1. The standard InChI is InChI=1S/C9H19NO3S/c11-5-8(12)6-14-7-9(13)1-3-10-4-2-9/h8,10-13H,1-7H2. The zero-order valence-electron chi connectivity index (χ0n) is 8.28. The Morgan fingerprint density at radius 3 is 2.57 bits per heavy atom. The molecule has 5 heteroatoms. The van der Waals surface area contributed by atoms with Gasteiger partial charge in [0.15, 0.2) is 0 Å². The maximum Gasteiger partial charge on any atom is 0.0861 e. The van der Waals surface area contributed by atoms with Crippen LogP contribution in [0.15, 0.2) is 0 Å². The quantitative estimate of drug-likeness (QED) is 0.488. The van der Waals surface area contributed by atoms with E-state index in [4.69, 9.17) is 10.2 Å². The lowest BCUT2D eigenvalue weighted by molar-refractivity contribution is 0.0337. The third-order valence-corrected chi connectivity index (χ3v) is 3.79. The van der Waals surface area contributed by atoms with E-state index < -0.39 is 11.7 Å². The van der Waals surface area contributed by atoms with Gasteiger partial charge in [-0.2, -0.15) is 11.8 Å². The van der Waals surface area contributed by atoms with Crippen LogP contribution >= 0.6 is 11.8 Å². The molecule has 0 saturated carbocycles. The van der Waals surface area contributed by atoms with Crippen molar-refractivity contribution in [2.45, 2.75) is 24.5 Å². The van der Waals surface area contributed by atoms with Gasteiger partial charge < -0.3 is 20.6 Å². The molecule has 0 spiro atoms. The first kappa shape index (κ1) is 12.3. The average Bonchev–Trinajstić information content (AvgIpc) is 2.18. The van der Waals surface area contributed by atoms with Gasteiger partial charge in [-0.15, -0.1) is 0 Å². The van der Waals surface area contributed by atoms with Gasteiger partial charge in [-0.3, -0.25) is 0 Å². The smallest absolute Gasteiger partial charge is 0.0861 e. The number of aliphatic hydroxyl groups excluding tert-OH is 2. The van der Waals surface area contributed by atoms with Gasteiger partial charge in [0.05, 0.1) is 18.3 Å². The molecule has 0 aromatic heterocycles. The Morgan fingerprint density at radius 1 is 1.36 bits per heavy atom. The van der Waals surface area contributed by atoms with E-state index in [1.165, 1.54) is 11.8 Å². The summed E-state index contributed by atoms with van der Waals surface area (Å²) in [6, 6.07) is 0. The van der Waals surface area contributed by atoms with Crippen molar-refractivity contribution < 1.29 is 15.3 Å². The average molecular weight is 221 g/mol. The summed E-state index contributed by atoms with van der Waals surface area (Å²) in [6.45, 7) is 1.52. The number of thioether (sulfide) groups is 1. The minimum atomic E-state index is -0.662. The molecule has 1 unspecified atom stereocenters. The third kappa shape index (κ3) is 4.14. The lowest BCUT2D eigenvalue weighted by atomic mass is 9.95. The number of hydrogen-bond donors (Lipinski definition) is 4. The van der Waals surface area contributed by atoms with Crippen LogP contribution in [-0.2, 0) is 0 Å². The summed E-state index contributed by atoms with van der Waals surface area (Å²) in [5, 5.41) is 31.0. The fraction of sp³-hybridized carbons (Fsp3) is 1.00. The van der Waals surface area contributed by atoms with Crippen molar-refractivity contribution in [3.63, 3.8) is 0 Å². The summed E-state index contributed by atoms with van der Waals surface area (Å²) in [7, 11) is 0. The predicted octanol–water partition coefficient (Wildman–Crippen LogP) is -0.813. The fourth-order valence-corrected chi connectivity index (χ4v) is 2.64. The van der Waals surface area contributed by atoms with Crippen molar-refractivity contribution in [1.29, 1.82) is 0 Å². The van der Waals surface area contributed by atoms with E-state index in [0.29, 0.717) is 11.5 Å². The van der Waals surface area contributed by atoms with Crippen LogP contribution in [0.4, 0.5) is 0 Å². The number of nitrogens with one attached hydrogen (secondary N) is 1. The van der Waals surface area contributed by atoms with Crippen LogP contribution in [0.25, 0.3) is 0 Å². The van der Waals surface area contributed by atoms with E-state index in [9.17, 15) is 5.11 Å². The van der Waals surface area contributed by atoms with Crippen molar-refractivity contribution >= 4 is 11.8 Å². The molecule has 0 amide bonds. The van der Waals surface area contributed by atoms with Gasteiger partial charge >= 0.3 is 0 Å². The van der Waals surface area contributed by atoms with E-state index in [2.05, 4.69) is 5.32 Å². The maximum absolute atomic E-state index is 10.1. The minimum absolute atomic E-state index is 0.201. The molecule has 0 aliphatic carbocycles. The second-order valence-electron chi connectivity index (χ2n) is 3.83. The molecule has 0 aromatic carbocycles. The zero-order chi connectivity index (χ0) is 10.4. The topological polar surface area (TPSA) is 72.7 Å². The summed E-state index contributed by atoms with van der Waals surface area (Å²) < 4.78 is 0. The molecule has 4 N–H and O–H groups in total. The van der Waals surface area contributed by atoms with E-state index in [1.807, 2.05) is 0 Å². The lowest BCUT2D eigenvalue weighted by Gasteiger charge is -2.32. The molecule has 1 fully saturated rings. The highest BCUT2D eigenvalue weighted by atomic mass is 32.2. The third-order valence-electron chi connectivity index (χ3n) is 2.43. The van der Waals surface area contributed by atoms with Crippen LogP contribution in [-0.4, -0.2) is 58.2 Å². The molecule has 0 radical (unpaired) electrons. The Kier molecular flexibility index (Phi) is 5.19. The van der Waals surface area contributed by atoms with E-state index in [1.54, 1.807) is 0 Å². The summed E-state index contributed by atoms with van der Waals surface area (Å²) >= 11 is 1.50. The molecule has 1 saturated heterocycles. The van der Waals surface area contributed by atoms with Crippen LogP contribution in [0.2, 0.25) is 0 Å². The summed E-state index contributed by atoms with van der Waals surface area (Å²) in [5.41, 5.74) is -0.578. The highest BCUT2D eigenvalue weighted by Crippen LogP contribution is 2.23. The van der Waals surface area contributed by atoms with Gasteiger partial charge in [0.25, 0.3) is 0 Å². The molecule has 1 aliphatic heterocycles. The first-order valence-corrected chi connectivity index (χ1v) is 6.11. The van der Waals surface area contributed by atoms with Crippen LogP contribution in [0.3, 0.4) is 0 Å².